The lowest BCUT2D eigenvalue weighted by atomic mass is 10.1. The molecule has 1 fully saturated rings. The number of ether oxygens (including phenoxy) is 1. The van der Waals surface area contributed by atoms with E-state index in [1.54, 1.807) is 0 Å². The third-order valence-corrected chi connectivity index (χ3v) is 6.00. The molecule has 1 saturated heterocycles. The van der Waals surface area contributed by atoms with Gasteiger partial charge in [-0.05, 0) is 30.9 Å². The Balaban J connectivity index is 0.00000363. The Kier molecular flexibility index (Phi) is 11.9. The minimum Gasteiger partial charge on any atom is -0.378 e. The van der Waals surface area contributed by atoms with Gasteiger partial charge in [-0.2, -0.15) is 0 Å². The molecule has 0 saturated carbocycles. The van der Waals surface area contributed by atoms with Crippen LogP contribution in [0.1, 0.15) is 30.5 Å². The second-order valence-electron chi connectivity index (χ2n) is 8.28. The first-order chi connectivity index (χ1) is 15.0. The van der Waals surface area contributed by atoms with Crippen molar-refractivity contribution in [1.82, 2.24) is 19.7 Å². The smallest absolute Gasteiger partial charge is 0.193 e. The second-order valence-corrected chi connectivity index (χ2v) is 8.71. The predicted molar refractivity (Wildman–Crippen MR) is 144 cm³/mol. The van der Waals surface area contributed by atoms with Crippen LogP contribution in [0.3, 0.4) is 0 Å². The minimum atomic E-state index is 0. The number of hydrogen-bond acceptors (Lipinski definition) is 3. The number of likely N-dealkylation sites (tertiary alicyclic amines) is 1. The lowest BCUT2D eigenvalue weighted by Crippen LogP contribution is -2.39. The highest BCUT2D eigenvalue weighted by Crippen LogP contribution is 2.17. The molecule has 178 valence electrons. The second kappa shape index (κ2) is 14.1. The van der Waals surface area contributed by atoms with Gasteiger partial charge < -0.3 is 19.5 Å². The van der Waals surface area contributed by atoms with E-state index in [1.807, 2.05) is 38.0 Å². The van der Waals surface area contributed by atoms with E-state index in [9.17, 15) is 0 Å². The summed E-state index contributed by atoms with van der Waals surface area (Å²) >= 11 is 6.09. The summed E-state index contributed by atoms with van der Waals surface area (Å²) in [5.41, 5.74) is 2.54. The van der Waals surface area contributed by atoms with E-state index in [-0.39, 0.29) is 24.0 Å². The zero-order valence-corrected chi connectivity index (χ0v) is 22.6. The van der Waals surface area contributed by atoms with Gasteiger partial charge in [0.1, 0.15) is 0 Å². The molecular formula is C24H37ClIN5O. The van der Waals surface area contributed by atoms with Crippen LogP contribution in [0.25, 0.3) is 0 Å². The number of nitrogens with zero attached hydrogens (tertiary/aromatic N) is 4. The van der Waals surface area contributed by atoms with Crippen molar-refractivity contribution in [3.8, 4) is 0 Å². The molecule has 0 bridgehead atoms. The SMILES string of the molecule is CN=C(NCCCOC1CCN(Cc2ccccc2)CC1)N(C)Cc1cc(Cl)cn1C.I. The topological polar surface area (TPSA) is 45.0 Å². The molecule has 0 unspecified atom stereocenters. The molecule has 8 heteroatoms. The average Bonchev–Trinajstić information content (AvgIpc) is 3.09. The van der Waals surface area contributed by atoms with Crippen LogP contribution in [-0.2, 0) is 24.9 Å². The van der Waals surface area contributed by atoms with Crippen LogP contribution >= 0.6 is 35.6 Å². The number of aromatic nitrogens is 1. The van der Waals surface area contributed by atoms with E-state index in [4.69, 9.17) is 16.3 Å². The first-order valence-electron chi connectivity index (χ1n) is 11.2. The Morgan fingerprint density at radius 1 is 1.25 bits per heavy atom. The Hall–Kier alpha value is -1.29. The van der Waals surface area contributed by atoms with Gasteiger partial charge in [0.05, 0.1) is 17.7 Å². The number of guanidine groups is 1. The summed E-state index contributed by atoms with van der Waals surface area (Å²) in [5, 5.41) is 4.19. The van der Waals surface area contributed by atoms with Gasteiger partial charge in [-0.3, -0.25) is 9.89 Å². The molecule has 1 aromatic heterocycles. The van der Waals surface area contributed by atoms with Gasteiger partial charge in [0.2, 0.25) is 0 Å². The number of aryl methyl sites for hydroxylation is 1. The summed E-state index contributed by atoms with van der Waals surface area (Å²) < 4.78 is 8.18. The Labute approximate surface area is 215 Å². The Bertz CT molecular complexity index is 821. The number of rotatable bonds is 9. The maximum Gasteiger partial charge on any atom is 0.193 e. The number of benzene rings is 1. The van der Waals surface area contributed by atoms with Gasteiger partial charge >= 0.3 is 0 Å². The fraction of sp³-hybridized carbons (Fsp3) is 0.542. The lowest BCUT2D eigenvalue weighted by molar-refractivity contribution is 0.00531. The third-order valence-electron chi connectivity index (χ3n) is 5.79. The van der Waals surface area contributed by atoms with Gasteiger partial charge in [-0.1, -0.05) is 41.9 Å². The highest BCUT2D eigenvalue weighted by molar-refractivity contribution is 14.0. The molecular weight excluding hydrogens is 537 g/mol. The number of hydrogen-bond donors (Lipinski definition) is 1. The van der Waals surface area contributed by atoms with E-state index >= 15 is 0 Å². The van der Waals surface area contributed by atoms with Crippen LogP contribution in [0.4, 0.5) is 0 Å². The van der Waals surface area contributed by atoms with Crippen LogP contribution in [0.15, 0.2) is 47.6 Å². The van der Waals surface area contributed by atoms with E-state index in [1.165, 1.54) is 5.56 Å². The van der Waals surface area contributed by atoms with Gasteiger partial charge in [0.25, 0.3) is 0 Å². The molecule has 1 N–H and O–H groups in total. The fourth-order valence-corrected chi connectivity index (χ4v) is 4.30. The number of piperidine rings is 1. The van der Waals surface area contributed by atoms with E-state index in [0.29, 0.717) is 6.10 Å². The molecule has 32 heavy (non-hydrogen) atoms. The zero-order chi connectivity index (χ0) is 22.1. The van der Waals surface area contributed by atoms with E-state index in [0.717, 1.165) is 75.3 Å². The van der Waals surface area contributed by atoms with Crippen LogP contribution in [0, 0.1) is 0 Å². The number of nitrogens with one attached hydrogen (secondary N) is 1. The molecule has 3 rings (SSSR count). The molecule has 0 amide bonds. The standard InChI is InChI=1S/C24H36ClN5O.HI/c1-26-24(29(3)19-22-16-21(25)18-28(22)2)27-12-7-15-31-23-10-13-30(14-11-23)17-20-8-5-4-6-9-20;/h4-6,8-9,16,18,23H,7,10-15,17,19H2,1-3H3,(H,26,27);1H. The lowest BCUT2D eigenvalue weighted by Gasteiger charge is -2.32. The molecule has 2 heterocycles. The van der Waals surface area contributed by atoms with Crippen molar-refractivity contribution >= 4 is 41.5 Å². The quantitative estimate of drug-likeness (QED) is 0.209. The number of aliphatic imine (C=N–C) groups is 1. The average molecular weight is 574 g/mol. The van der Waals surface area contributed by atoms with Crippen molar-refractivity contribution < 1.29 is 4.74 Å². The summed E-state index contributed by atoms with van der Waals surface area (Å²) in [6, 6.07) is 12.7. The largest absolute Gasteiger partial charge is 0.378 e. The molecule has 0 radical (unpaired) electrons. The molecule has 0 atom stereocenters. The fourth-order valence-electron chi connectivity index (χ4n) is 4.02. The Morgan fingerprint density at radius 2 is 1.97 bits per heavy atom. The molecule has 0 spiro atoms. The predicted octanol–water partition coefficient (Wildman–Crippen LogP) is 4.38. The minimum absolute atomic E-state index is 0. The van der Waals surface area contributed by atoms with Crippen molar-refractivity contribution in [2.24, 2.45) is 12.0 Å². The van der Waals surface area contributed by atoms with Crippen molar-refractivity contribution in [1.29, 1.82) is 0 Å². The maximum absolute atomic E-state index is 6.13. The van der Waals surface area contributed by atoms with E-state index in [2.05, 4.69) is 50.4 Å². The van der Waals surface area contributed by atoms with Crippen molar-refractivity contribution in [3.63, 3.8) is 0 Å². The molecule has 2 aromatic rings. The monoisotopic (exact) mass is 573 g/mol. The van der Waals surface area contributed by atoms with Gasteiger partial charge in [0.15, 0.2) is 5.96 Å². The van der Waals surface area contributed by atoms with Gasteiger partial charge in [-0.25, -0.2) is 0 Å². The molecule has 1 aliphatic heterocycles. The molecule has 1 aromatic carbocycles. The first-order valence-corrected chi connectivity index (χ1v) is 11.5. The van der Waals surface area contributed by atoms with Crippen molar-refractivity contribution in [3.05, 3.63) is 58.9 Å². The highest BCUT2D eigenvalue weighted by atomic mass is 127. The zero-order valence-electron chi connectivity index (χ0n) is 19.5. The molecule has 0 aliphatic carbocycles. The van der Waals surface area contributed by atoms with Crippen molar-refractivity contribution in [2.45, 2.75) is 38.5 Å². The molecule has 1 aliphatic rings. The number of halogens is 2. The normalized spacial score (nSPS) is 15.4. The highest BCUT2D eigenvalue weighted by Gasteiger charge is 2.19. The maximum atomic E-state index is 6.13. The summed E-state index contributed by atoms with van der Waals surface area (Å²) in [7, 11) is 5.86. The van der Waals surface area contributed by atoms with Gasteiger partial charge in [-0.15, -0.1) is 24.0 Å². The first kappa shape index (κ1) is 27.0. The van der Waals surface area contributed by atoms with Crippen molar-refractivity contribution in [2.75, 3.05) is 40.3 Å². The van der Waals surface area contributed by atoms with Crippen LogP contribution in [0.2, 0.25) is 5.02 Å². The van der Waals surface area contributed by atoms with Crippen LogP contribution < -0.4 is 5.32 Å². The van der Waals surface area contributed by atoms with Crippen LogP contribution in [-0.4, -0.2) is 66.8 Å². The summed E-state index contributed by atoms with van der Waals surface area (Å²) in [5.74, 6) is 0.881. The van der Waals surface area contributed by atoms with Gasteiger partial charge in [0, 0.05) is 65.8 Å². The third kappa shape index (κ3) is 8.57. The summed E-state index contributed by atoms with van der Waals surface area (Å²) in [6.07, 6.45) is 5.50. The summed E-state index contributed by atoms with van der Waals surface area (Å²) in [6.45, 7) is 5.64. The van der Waals surface area contributed by atoms with E-state index < -0.39 is 0 Å². The molecule has 6 nitrogen and oxygen atoms in total. The Morgan fingerprint density at radius 3 is 2.59 bits per heavy atom. The van der Waals surface area contributed by atoms with Crippen LogP contribution in [0.5, 0.6) is 0 Å². The summed E-state index contributed by atoms with van der Waals surface area (Å²) in [4.78, 5) is 9.02.